The molecule has 0 aromatic rings. The van der Waals surface area contributed by atoms with Gasteiger partial charge in [-0.15, -0.1) is 0 Å². The van der Waals surface area contributed by atoms with Crippen LogP contribution in [0.25, 0.3) is 0 Å². The molecule has 2 aliphatic rings. The molecule has 14 heavy (non-hydrogen) atoms. The van der Waals surface area contributed by atoms with Crippen molar-refractivity contribution in [2.45, 2.75) is 58.0 Å². The van der Waals surface area contributed by atoms with Crippen LogP contribution >= 0.6 is 11.8 Å². The van der Waals surface area contributed by atoms with E-state index in [-0.39, 0.29) is 0 Å². The first-order valence-corrected chi connectivity index (χ1v) is 7.18. The molecule has 0 aromatic carbocycles. The van der Waals surface area contributed by atoms with Crippen LogP contribution in [0, 0.1) is 5.41 Å². The monoisotopic (exact) mass is 213 g/mol. The second-order valence-corrected chi connectivity index (χ2v) is 6.66. The van der Waals surface area contributed by atoms with E-state index in [1.54, 1.807) is 0 Å². The second-order valence-electron chi connectivity index (χ2n) is 5.51. The Kier molecular flexibility index (Phi) is 3.43. The van der Waals surface area contributed by atoms with Crippen molar-refractivity contribution in [1.82, 2.24) is 5.32 Å². The largest absolute Gasteiger partial charge is 0.310 e. The molecule has 0 amide bonds. The Morgan fingerprint density at radius 2 is 2.07 bits per heavy atom. The van der Waals surface area contributed by atoms with Crippen molar-refractivity contribution in [3.05, 3.63) is 0 Å². The Bertz CT molecular complexity index is 185. The van der Waals surface area contributed by atoms with Crippen molar-refractivity contribution in [2.24, 2.45) is 5.41 Å². The van der Waals surface area contributed by atoms with Crippen LogP contribution in [0.2, 0.25) is 0 Å². The lowest BCUT2D eigenvalue weighted by molar-refractivity contribution is 0.158. The van der Waals surface area contributed by atoms with Gasteiger partial charge < -0.3 is 5.32 Å². The standard InChI is InChI=1S/C12H23NS/c1-12(2)7-4-3-5-11(12)13-10-6-8-14-9-10/h10-11,13H,3-9H2,1-2H3. The van der Waals surface area contributed by atoms with Crippen LogP contribution in [-0.2, 0) is 0 Å². The molecule has 1 saturated carbocycles. The molecule has 0 bridgehead atoms. The first-order valence-electron chi connectivity index (χ1n) is 6.02. The average Bonchev–Trinajstić information content (AvgIpc) is 2.61. The molecule has 0 radical (unpaired) electrons. The summed E-state index contributed by atoms with van der Waals surface area (Å²) in [6, 6.07) is 1.59. The zero-order valence-corrected chi connectivity index (χ0v) is 10.3. The van der Waals surface area contributed by atoms with Crippen LogP contribution in [0.1, 0.15) is 46.0 Å². The van der Waals surface area contributed by atoms with Gasteiger partial charge in [0, 0.05) is 17.8 Å². The molecule has 82 valence electrons. The average molecular weight is 213 g/mol. The topological polar surface area (TPSA) is 12.0 Å². The van der Waals surface area contributed by atoms with E-state index < -0.39 is 0 Å². The number of rotatable bonds is 2. The third-order valence-electron chi connectivity index (χ3n) is 3.87. The summed E-state index contributed by atoms with van der Waals surface area (Å²) in [6.45, 7) is 4.87. The van der Waals surface area contributed by atoms with Crippen molar-refractivity contribution < 1.29 is 0 Å². The zero-order valence-electron chi connectivity index (χ0n) is 9.51. The van der Waals surface area contributed by atoms with Gasteiger partial charge >= 0.3 is 0 Å². The van der Waals surface area contributed by atoms with Gasteiger partial charge in [-0.2, -0.15) is 11.8 Å². The fourth-order valence-electron chi connectivity index (χ4n) is 2.75. The van der Waals surface area contributed by atoms with Gasteiger partial charge in [0.25, 0.3) is 0 Å². The van der Waals surface area contributed by atoms with Gasteiger partial charge in [-0.1, -0.05) is 26.7 Å². The molecule has 2 rings (SSSR count). The van der Waals surface area contributed by atoms with E-state index in [4.69, 9.17) is 0 Å². The summed E-state index contributed by atoms with van der Waals surface area (Å²) in [5.41, 5.74) is 0.533. The minimum absolute atomic E-state index is 0.533. The lowest BCUT2D eigenvalue weighted by Crippen LogP contribution is -2.48. The Hall–Kier alpha value is 0.310. The van der Waals surface area contributed by atoms with Crippen LogP contribution in [0.5, 0.6) is 0 Å². The van der Waals surface area contributed by atoms with E-state index in [9.17, 15) is 0 Å². The Labute approximate surface area is 92.4 Å². The van der Waals surface area contributed by atoms with Gasteiger partial charge in [-0.25, -0.2) is 0 Å². The van der Waals surface area contributed by atoms with E-state index >= 15 is 0 Å². The van der Waals surface area contributed by atoms with E-state index in [0.29, 0.717) is 5.41 Å². The number of thioether (sulfide) groups is 1. The number of nitrogens with one attached hydrogen (secondary N) is 1. The first-order chi connectivity index (χ1) is 6.68. The molecule has 0 aromatic heterocycles. The van der Waals surface area contributed by atoms with Crippen molar-refractivity contribution in [1.29, 1.82) is 0 Å². The van der Waals surface area contributed by atoms with Crippen molar-refractivity contribution in [3.8, 4) is 0 Å². The normalized spacial score (nSPS) is 37.3. The van der Waals surface area contributed by atoms with E-state index in [1.165, 1.54) is 43.6 Å². The molecule has 1 heterocycles. The highest BCUT2D eigenvalue weighted by molar-refractivity contribution is 7.99. The molecule has 2 fully saturated rings. The molecule has 2 atom stereocenters. The maximum absolute atomic E-state index is 3.89. The Morgan fingerprint density at radius 3 is 2.71 bits per heavy atom. The molecule has 1 nitrogen and oxygen atoms in total. The highest BCUT2D eigenvalue weighted by Crippen LogP contribution is 2.36. The predicted molar refractivity (Wildman–Crippen MR) is 64.9 cm³/mol. The third-order valence-corrected chi connectivity index (χ3v) is 5.04. The van der Waals surface area contributed by atoms with Crippen molar-refractivity contribution in [3.63, 3.8) is 0 Å². The highest BCUT2D eigenvalue weighted by atomic mass is 32.2. The molecule has 1 aliphatic carbocycles. The van der Waals surface area contributed by atoms with Gasteiger partial charge in [-0.3, -0.25) is 0 Å². The summed E-state index contributed by atoms with van der Waals surface area (Å²) in [5, 5.41) is 3.89. The maximum Gasteiger partial charge on any atom is 0.0168 e. The molecule has 0 spiro atoms. The van der Waals surface area contributed by atoms with Gasteiger partial charge in [0.2, 0.25) is 0 Å². The summed E-state index contributed by atoms with van der Waals surface area (Å²) in [4.78, 5) is 0. The van der Waals surface area contributed by atoms with Crippen molar-refractivity contribution >= 4 is 11.8 Å². The third kappa shape index (κ3) is 2.46. The molecule has 2 heteroatoms. The lowest BCUT2D eigenvalue weighted by atomic mass is 9.73. The fraction of sp³-hybridized carbons (Fsp3) is 1.00. The summed E-state index contributed by atoms with van der Waals surface area (Å²) in [5.74, 6) is 2.71. The molecule has 1 N–H and O–H groups in total. The van der Waals surface area contributed by atoms with Crippen LogP contribution in [0.4, 0.5) is 0 Å². The molecule has 1 saturated heterocycles. The fourth-order valence-corrected chi connectivity index (χ4v) is 3.92. The number of hydrogen-bond acceptors (Lipinski definition) is 2. The molecular weight excluding hydrogens is 190 g/mol. The maximum atomic E-state index is 3.89. The van der Waals surface area contributed by atoms with Gasteiger partial charge in [0.15, 0.2) is 0 Å². The minimum Gasteiger partial charge on any atom is -0.310 e. The van der Waals surface area contributed by atoms with Crippen molar-refractivity contribution in [2.75, 3.05) is 11.5 Å². The quantitative estimate of drug-likeness (QED) is 0.756. The van der Waals surface area contributed by atoms with E-state index in [0.717, 1.165) is 12.1 Å². The van der Waals surface area contributed by atoms with Gasteiger partial charge in [-0.05, 0) is 30.4 Å². The smallest absolute Gasteiger partial charge is 0.0168 e. The molecular formula is C12H23NS. The summed E-state index contributed by atoms with van der Waals surface area (Å²) in [7, 11) is 0. The Balaban J connectivity index is 1.88. The Morgan fingerprint density at radius 1 is 1.21 bits per heavy atom. The summed E-state index contributed by atoms with van der Waals surface area (Å²) in [6.07, 6.45) is 7.06. The lowest BCUT2D eigenvalue weighted by Gasteiger charge is -2.40. The minimum atomic E-state index is 0.533. The van der Waals surface area contributed by atoms with Crippen LogP contribution < -0.4 is 5.32 Å². The first kappa shape index (κ1) is 10.8. The molecule has 2 unspecified atom stereocenters. The van der Waals surface area contributed by atoms with E-state index in [1.807, 2.05) is 0 Å². The van der Waals surface area contributed by atoms with Gasteiger partial charge in [0.05, 0.1) is 0 Å². The molecule has 1 aliphatic heterocycles. The second kappa shape index (κ2) is 4.44. The van der Waals surface area contributed by atoms with Crippen LogP contribution in [0.3, 0.4) is 0 Å². The van der Waals surface area contributed by atoms with Gasteiger partial charge in [0.1, 0.15) is 0 Å². The summed E-state index contributed by atoms with van der Waals surface area (Å²) < 4.78 is 0. The van der Waals surface area contributed by atoms with Crippen LogP contribution in [-0.4, -0.2) is 23.6 Å². The number of hydrogen-bond donors (Lipinski definition) is 1. The van der Waals surface area contributed by atoms with E-state index in [2.05, 4.69) is 30.9 Å². The SMILES string of the molecule is CC1(C)CCCCC1NC1CCSC1. The van der Waals surface area contributed by atoms with Crippen LogP contribution in [0.15, 0.2) is 0 Å². The predicted octanol–water partition coefficient (Wildman–Crippen LogP) is 3.05. The summed E-state index contributed by atoms with van der Waals surface area (Å²) >= 11 is 2.11. The zero-order chi connectivity index (χ0) is 10.0. The highest BCUT2D eigenvalue weighted by Gasteiger charge is 2.33.